The molecule has 2 fully saturated rings. The number of nitrogens with zero attached hydrogens (tertiary/aromatic N) is 4. The normalized spacial score (nSPS) is 24.1. The number of benzene rings is 1. The molecule has 7 nitrogen and oxygen atoms in total. The van der Waals surface area contributed by atoms with E-state index >= 15 is 0 Å². The number of likely N-dealkylation sites (tertiary alicyclic amines) is 1. The fraction of sp³-hybridized carbons (Fsp3) is 0.538. The molecular formula is C26H33N5O2. The summed E-state index contributed by atoms with van der Waals surface area (Å²) >= 11 is 0. The highest BCUT2D eigenvalue weighted by atomic mass is 16.2. The van der Waals surface area contributed by atoms with Gasteiger partial charge in [0, 0.05) is 43.7 Å². The third kappa shape index (κ3) is 4.72. The third-order valence-corrected chi connectivity index (χ3v) is 7.21. The molecule has 1 aromatic carbocycles. The zero-order valence-corrected chi connectivity index (χ0v) is 19.6. The minimum Gasteiger partial charge on any atom is -0.348 e. The molecule has 0 radical (unpaired) electrons. The highest BCUT2D eigenvalue weighted by Gasteiger charge is 2.36. The summed E-state index contributed by atoms with van der Waals surface area (Å²) in [6, 6.07) is 9.94. The van der Waals surface area contributed by atoms with Crippen molar-refractivity contribution in [3.8, 4) is 0 Å². The van der Waals surface area contributed by atoms with E-state index in [-0.39, 0.29) is 35.7 Å². The summed E-state index contributed by atoms with van der Waals surface area (Å²) in [5.74, 6) is 0.887. The molecule has 174 valence electrons. The van der Waals surface area contributed by atoms with Crippen molar-refractivity contribution >= 4 is 17.8 Å². The highest BCUT2D eigenvalue weighted by molar-refractivity contribution is 5.86. The summed E-state index contributed by atoms with van der Waals surface area (Å²) in [6.07, 6.45) is 6.45. The molecule has 3 aliphatic rings. The van der Waals surface area contributed by atoms with Crippen LogP contribution < -0.4 is 10.2 Å². The van der Waals surface area contributed by atoms with Gasteiger partial charge in [-0.05, 0) is 36.7 Å². The van der Waals surface area contributed by atoms with Gasteiger partial charge in [-0.3, -0.25) is 9.59 Å². The molecule has 1 aliphatic carbocycles. The Morgan fingerprint density at radius 2 is 1.94 bits per heavy atom. The molecule has 0 bridgehead atoms. The average Bonchev–Trinajstić information content (AvgIpc) is 3.44. The molecule has 1 N–H and O–H groups in total. The van der Waals surface area contributed by atoms with E-state index in [1.807, 2.05) is 24.4 Å². The second-order valence-electron chi connectivity index (χ2n) is 10.5. The van der Waals surface area contributed by atoms with Crippen LogP contribution in [0.4, 0.5) is 5.95 Å². The predicted octanol–water partition coefficient (Wildman–Crippen LogP) is 3.22. The number of amides is 2. The first-order valence-electron chi connectivity index (χ1n) is 12.1. The largest absolute Gasteiger partial charge is 0.348 e. The van der Waals surface area contributed by atoms with Crippen molar-refractivity contribution in [1.29, 1.82) is 0 Å². The molecule has 1 aromatic heterocycles. The van der Waals surface area contributed by atoms with Gasteiger partial charge in [0.05, 0.1) is 18.3 Å². The first-order valence-corrected chi connectivity index (χ1v) is 12.1. The molecule has 3 heterocycles. The van der Waals surface area contributed by atoms with Crippen LogP contribution in [0, 0.1) is 5.41 Å². The maximum Gasteiger partial charge on any atom is 0.240 e. The van der Waals surface area contributed by atoms with Gasteiger partial charge in [-0.25, -0.2) is 9.97 Å². The van der Waals surface area contributed by atoms with Crippen LogP contribution in [-0.2, 0) is 16.0 Å². The molecule has 7 heteroatoms. The van der Waals surface area contributed by atoms with Gasteiger partial charge in [-0.2, -0.15) is 0 Å². The summed E-state index contributed by atoms with van der Waals surface area (Å²) in [7, 11) is 0. The quantitative estimate of drug-likeness (QED) is 0.761. The van der Waals surface area contributed by atoms with E-state index in [0.717, 1.165) is 48.7 Å². The van der Waals surface area contributed by atoms with Crippen LogP contribution in [0.2, 0.25) is 0 Å². The van der Waals surface area contributed by atoms with Crippen LogP contribution in [0.3, 0.4) is 0 Å². The number of carbonyl (C=O) groups excluding carboxylic acids is 2. The lowest BCUT2D eigenvalue weighted by molar-refractivity contribution is -0.133. The number of carbonyl (C=O) groups is 2. The number of hydrogen-bond donors (Lipinski definition) is 1. The molecule has 5 rings (SSSR count). The van der Waals surface area contributed by atoms with Crippen LogP contribution in [0.5, 0.6) is 0 Å². The number of aromatic nitrogens is 2. The standard InChI is InChI=1S/C26H33N5O2/c1-26(2)13-21(20-15-27-25(29-22(20)14-26)30-10-6-7-11-30)28-23(32)17-31-16-19(12-24(31)33)18-8-4-3-5-9-18/h3-5,8-9,15,19,21H,6-7,10-14,16-17H2,1-2H3,(H,28,32)/t19-,21-/m1/s1. The molecule has 0 spiro atoms. The van der Waals surface area contributed by atoms with Crippen LogP contribution >= 0.6 is 0 Å². The van der Waals surface area contributed by atoms with E-state index < -0.39 is 0 Å². The molecule has 2 atom stereocenters. The SMILES string of the molecule is CC1(C)Cc2nc(N3CCCC3)ncc2[C@H](NC(=O)CN2C[C@H](c3ccccc3)CC2=O)C1. The lowest BCUT2D eigenvalue weighted by Gasteiger charge is -2.37. The van der Waals surface area contributed by atoms with Crippen molar-refractivity contribution in [2.45, 2.75) is 57.9 Å². The minimum absolute atomic E-state index is 0.0312. The first-order chi connectivity index (χ1) is 15.9. The second kappa shape index (κ2) is 8.76. The van der Waals surface area contributed by atoms with Crippen LogP contribution in [0.15, 0.2) is 36.5 Å². The van der Waals surface area contributed by atoms with Gasteiger partial charge in [0.25, 0.3) is 0 Å². The van der Waals surface area contributed by atoms with Gasteiger partial charge in [0.15, 0.2) is 0 Å². The number of hydrogen-bond acceptors (Lipinski definition) is 5. The smallest absolute Gasteiger partial charge is 0.240 e. The molecular weight excluding hydrogens is 414 g/mol. The maximum absolute atomic E-state index is 13.0. The van der Waals surface area contributed by atoms with Crippen molar-refractivity contribution in [3.63, 3.8) is 0 Å². The fourth-order valence-electron chi connectivity index (χ4n) is 5.52. The molecule has 2 aliphatic heterocycles. The number of nitrogens with one attached hydrogen (secondary N) is 1. The summed E-state index contributed by atoms with van der Waals surface area (Å²) < 4.78 is 0. The lowest BCUT2D eigenvalue weighted by atomic mass is 9.74. The summed E-state index contributed by atoms with van der Waals surface area (Å²) in [4.78, 5) is 39.1. The molecule has 2 amide bonds. The molecule has 0 unspecified atom stereocenters. The van der Waals surface area contributed by atoms with Gasteiger partial charge in [-0.15, -0.1) is 0 Å². The van der Waals surface area contributed by atoms with Crippen molar-refractivity contribution in [1.82, 2.24) is 20.2 Å². The Labute approximate surface area is 195 Å². The number of fused-ring (bicyclic) bond motifs is 1. The Morgan fingerprint density at radius 3 is 2.70 bits per heavy atom. The lowest BCUT2D eigenvalue weighted by Crippen LogP contribution is -2.42. The van der Waals surface area contributed by atoms with Gasteiger partial charge >= 0.3 is 0 Å². The first kappa shape index (κ1) is 21.9. The fourth-order valence-corrected chi connectivity index (χ4v) is 5.52. The minimum atomic E-state index is -0.133. The molecule has 0 saturated carbocycles. The molecule has 33 heavy (non-hydrogen) atoms. The van der Waals surface area contributed by atoms with Gasteiger partial charge in [0.1, 0.15) is 0 Å². The van der Waals surface area contributed by atoms with Crippen LogP contribution in [0.1, 0.15) is 68.3 Å². The third-order valence-electron chi connectivity index (χ3n) is 7.21. The van der Waals surface area contributed by atoms with Gasteiger partial charge in [0.2, 0.25) is 17.8 Å². The Balaban J connectivity index is 1.27. The second-order valence-corrected chi connectivity index (χ2v) is 10.5. The Kier molecular flexibility index (Phi) is 5.81. The topological polar surface area (TPSA) is 78.4 Å². The Hall–Kier alpha value is -2.96. The van der Waals surface area contributed by atoms with Crippen molar-refractivity contribution < 1.29 is 9.59 Å². The van der Waals surface area contributed by atoms with Gasteiger partial charge < -0.3 is 15.1 Å². The predicted molar refractivity (Wildman–Crippen MR) is 127 cm³/mol. The van der Waals surface area contributed by atoms with Crippen LogP contribution in [-0.4, -0.2) is 52.9 Å². The zero-order valence-electron chi connectivity index (χ0n) is 19.6. The van der Waals surface area contributed by atoms with E-state index in [1.165, 1.54) is 12.8 Å². The van der Waals surface area contributed by atoms with Crippen molar-refractivity contribution in [2.75, 3.05) is 31.1 Å². The van der Waals surface area contributed by atoms with E-state index in [1.54, 1.807) is 4.90 Å². The highest BCUT2D eigenvalue weighted by Crippen LogP contribution is 2.40. The average molecular weight is 448 g/mol. The Morgan fingerprint density at radius 1 is 1.18 bits per heavy atom. The number of rotatable bonds is 5. The monoisotopic (exact) mass is 447 g/mol. The van der Waals surface area contributed by atoms with Gasteiger partial charge in [-0.1, -0.05) is 44.2 Å². The number of anilines is 1. The summed E-state index contributed by atoms with van der Waals surface area (Å²) in [5, 5.41) is 3.20. The zero-order chi connectivity index (χ0) is 23.0. The maximum atomic E-state index is 13.0. The van der Waals surface area contributed by atoms with Crippen molar-refractivity contribution in [2.24, 2.45) is 5.41 Å². The van der Waals surface area contributed by atoms with E-state index in [2.05, 4.69) is 41.2 Å². The molecule has 2 saturated heterocycles. The van der Waals surface area contributed by atoms with E-state index in [9.17, 15) is 9.59 Å². The van der Waals surface area contributed by atoms with Crippen molar-refractivity contribution in [3.05, 3.63) is 53.3 Å². The van der Waals surface area contributed by atoms with E-state index in [4.69, 9.17) is 4.98 Å². The summed E-state index contributed by atoms with van der Waals surface area (Å²) in [6.45, 7) is 7.15. The Bertz CT molecular complexity index is 1030. The van der Waals surface area contributed by atoms with E-state index in [0.29, 0.717) is 13.0 Å². The summed E-state index contributed by atoms with van der Waals surface area (Å²) in [5.41, 5.74) is 3.24. The van der Waals surface area contributed by atoms with Crippen LogP contribution in [0.25, 0.3) is 0 Å². The molecule has 2 aromatic rings.